The monoisotopic (exact) mass is 330 g/mol. The van der Waals surface area contributed by atoms with Gasteiger partial charge < -0.3 is 13.6 Å². The van der Waals surface area contributed by atoms with Crippen molar-refractivity contribution >= 4 is 28.6 Å². The summed E-state index contributed by atoms with van der Waals surface area (Å²) in [5.41, 5.74) is -0.940. The van der Waals surface area contributed by atoms with Gasteiger partial charge in [0.1, 0.15) is 11.5 Å². The molecule has 0 aliphatic heterocycles. The number of carbonyl (C=O) groups is 2. The van der Waals surface area contributed by atoms with Crippen molar-refractivity contribution in [1.82, 2.24) is 0 Å². The van der Waals surface area contributed by atoms with Crippen molar-refractivity contribution in [1.29, 1.82) is 0 Å². The first-order chi connectivity index (χ1) is 9.46. The van der Waals surface area contributed by atoms with Gasteiger partial charge in [-0.25, -0.2) is 9.59 Å². The van der Waals surface area contributed by atoms with Crippen molar-refractivity contribution < 1.29 is 23.2 Å². The minimum atomic E-state index is -2.67. The number of rotatable bonds is 8. The first-order valence-electron chi connectivity index (χ1n) is 6.82. The molecular weight excluding hydrogens is 304 g/mol. The second-order valence-corrected chi connectivity index (χ2v) is 15.0. The Morgan fingerprint density at radius 3 is 1.48 bits per heavy atom. The fourth-order valence-electron chi connectivity index (χ4n) is 1.83. The molecule has 0 aliphatic carbocycles. The van der Waals surface area contributed by atoms with Crippen LogP contribution in [0.15, 0.2) is 25.3 Å². The SMILES string of the molecule is C=CC(=O)OC(C)[Si](C)(O[Si](C)(C)C)C(C)OC(=O)C=C. The van der Waals surface area contributed by atoms with Gasteiger partial charge in [0.15, 0.2) is 8.32 Å². The Morgan fingerprint density at radius 1 is 0.905 bits per heavy atom. The van der Waals surface area contributed by atoms with Crippen LogP contribution in [0.25, 0.3) is 0 Å². The van der Waals surface area contributed by atoms with E-state index in [9.17, 15) is 9.59 Å². The zero-order valence-corrected chi connectivity index (χ0v) is 15.8. The summed E-state index contributed by atoms with van der Waals surface area (Å²) < 4.78 is 17.0. The van der Waals surface area contributed by atoms with Crippen LogP contribution in [0.4, 0.5) is 0 Å². The molecule has 0 saturated carbocycles. The fourth-order valence-corrected chi connectivity index (χ4v) is 9.80. The van der Waals surface area contributed by atoms with Crippen LogP contribution in [0.2, 0.25) is 26.2 Å². The summed E-state index contributed by atoms with van der Waals surface area (Å²) in [6, 6.07) is 0. The van der Waals surface area contributed by atoms with E-state index in [0.717, 1.165) is 12.2 Å². The van der Waals surface area contributed by atoms with Crippen LogP contribution in [0, 0.1) is 0 Å². The third-order valence-corrected chi connectivity index (χ3v) is 10.7. The number of carbonyl (C=O) groups excluding carboxylic acids is 2. The Bertz CT molecular complexity index is 386. The van der Waals surface area contributed by atoms with E-state index in [0.29, 0.717) is 0 Å². The molecule has 120 valence electrons. The Morgan fingerprint density at radius 2 is 1.24 bits per heavy atom. The fraction of sp³-hybridized carbons (Fsp3) is 0.571. The second kappa shape index (κ2) is 7.72. The zero-order valence-electron chi connectivity index (χ0n) is 13.8. The van der Waals surface area contributed by atoms with E-state index in [1.807, 2.05) is 26.2 Å². The van der Waals surface area contributed by atoms with Crippen molar-refractivity contribution in [2.75, 3.05) is 0 Å². The van der Waals surface area contributed by atoms with Gasteiger partial charge in [-0.1, -0.05) is 13.2 Å². The largest absolute Gasteiger partial charge is 0.460 e. The first kappa shape index (κ1) is 19.8. The van der Waals surface area contributed by atoms with Gasteiger partial charge in [0.05, 0.1) is 0 Å². The van der Waals surface area contributed by atoms with Crippen LogP contribution in [0.3, 0.4) is 0 Å². The van der Waals surface area contributed by atoms with E-state index in [-0.39, 0.29) is 0 Å². The van der Waals surface area contributed by atoms with Crippen molar-refractivity contribution in [2.24, 2.45) is 0 Å². The van der Waals surface area contributed by atoms with Crippen LogP contribution in [-0.2, 0) is 23.2 Å². The third kappa shape index (κ3) is 6.41. The highest BCUT2D eigenvalue weighted by Crippen LogP contribution is 2.25. The van der Waals surface area contributed by atoms with E-state index < -0.39 is 40.0 Å². The number of esters is 2. The maximum atomic E-state index is 11.4. The molecule has 0 aromatic rings. The average molecular weight is 331 g/mol. The zero-order chi connectivity index (χ0) is 16.8. The predicted molar refractivity (Wildman–Crippen MR) is 87.6 cm³/mol. The van der Waals surface area contributed by atoms with E-state index in [2.05, 4.69) is 13.2 Å². The van der Waals surface area contributed by atoms with E-state index >= 15 is 0 Å². The molecule has 0 N–H and O–H groups in total. The normalized spacial score (nSPS) is 17.0. The molecule has 0 aromatic heterocycles. The number of ether oxygens (including phenoxy) is 2. The standard InChI is InChI=1S/C14H26O5Si2/c1-9-13(15)17-11(3)21(8,19-20(5,6)7)12(4)18-14(16)10-2/h9-12H,1-2H2,3-8H3. The molecule has 0 rings (SSSR count). The summed E-state index contributed by atoms with van der Waals surface area (Å²) in [7, 11) is -4.58. The van der Waals surface area contributed by atoms with E-state index in [1.54, 1.807) is 13.8 Å². The van der Waals surface area contributed by atoms with Crippen LogP contribution >= 0.6 is 0 Å². The van der Waals surface area contributed by atoms with Crippen molar-refractivity contribution in [3.05, 3.63) is 25.3 Å². The summed E-state index contributed by atoms with van der Waals surface area (Å²) >= 11 is 0. The summed E-state index contributed by atoms with van der Waals surface area (Å²) in [6.45, 7) is 18.4. The molecule has 7 heteroatoms. The molecule has 0 fully saturated rings. The summed E-state index contributed by atoms with van der Waals surface area (Å²) in [5, 5.41) is 0. The number of hydrogen-bond donors (Lipinski definition) is 0. The number of hydrogen-bond acceptors (Lipinski definition) is 5. The minimum absolute atomic E-state index is 0.470. The van der Waals surface area contributed by atoms with Crippen LogP contribution in [-0.4, -0.2) is 40.0 Å². The van der Waals surface area contributed by atoms with Crippen molar-refractivity contribution in [3.63, 3.8) is 0 Å². The maximum absolute atomic E-state index is 11.4. The molecule has 2 unspecified atom stereocenters. The molecular formula is C14H26O5Si2. The van der Waals surface area contributed by atoms with Gasteiger partial charge in [0, 0.05) is 12.2 Å². The molecule has 0 aliphatic rings. The van der Waals surface area contributed by atoms with Crippen molar-refractivity contribution in [2.45, 2.75) is 51.5 Å². The molecule has 0 bridgehead atoms. The van der Waals surface area contributed by atoms with Crippen molar-refractivity contribution in [3.8, 4) is 0 Å². The van der Waals surface area contributed by atoms with Gasteiger partial charge >= 0.3 is 11.9 Å². The molecule has 0 saturated heterocycles. The van der Waals surface area contributed by atoms with Crippen LogP contribution < -0.4 is 0 Å². The van der Waals surface area contributed by atoms with Crippen LogP contribution in [0.1, 0.15) is 13.8 Å². The Kier molecular flexibility index (Phi) is 7.28. The molecule has 0 radical (unpaired) electrons. The molecule has 0 heterocycles. The minimum Gasteiger partial charge on any atom is -0.460 e. The maximum Gasteiger partial charge on any atom is 0.330 e. The van der Waals surface area contributed by atoms with Gasteiger partial charge in [-0.15, -0.1) is 0 Å². The van der Waals surface area contributed by atoms with Gasteiger partial charge in [-0.2, -0.15) is 0 Å². The lowest BCUT2D eigenvalue weighted by atomic mass is 10.6. The Labute approximate surface area is 129 Å². The second-order valence-electron chi connectivity index (χ2n) is 5.96. The smallest absolute Gasteiger partial charge is 0.330 e. The van der Waals surface area contributed by atoms with Gasteiger partial charge in [0.2, 0.25) is 0 Å². The lowest BCUT2D eigenvalue weighted by Crippen LogP contribution is -2.62. The summed E-state index contributed by atoms with van der Waals surface area (Å²) in [4.78, 5) is 22.9. The van der Waals surface area contributed by atoms with Gasteiger partial charge in [-0.3, -0.25) is 0 Å². The van der Waals surface area contributed by atoms with E-state index in [1.165, 1.54) is 0 Å². The summed E-state index contributed by atoms with van der Waals surface area (Å²) in [5.74, 6) is -1.02. The van der Waals surface area contributed by atoms with Gasteiger partial charge in [-0.05, 0) is 40.0 Å². The molecule has 5 nitrogen and oxygen atoms in total. The Hall–Kier alpha value is -1.19. The molecule has 0 aromatic carbocycles. The first-order valence-corrected chi connectivity index (χ1v) is 12.8. The van der Waals surface area contributed by atoms with Crippen LogP contribution in [0.5, 0.6) is 0 Å². The summed E-state index contributed by atoms with van der Waals surface area (Å²) in [6.07, 6.45) is 2.22. The molecule has 2 atom stereocenters. The molecule has 0 spiro atoms. The van der Waals surface area contributed by atoms with Gasteiger partial charge in [0.25, 0.3) is 8.32 Å². The highest BCUT2D eigenvalue weighted by Gasteiger charge is 2.48. The highest BCUT2D eigenvalue weighted by molar-refractivity contribution is 6.86. The molecule has 0 amide bonds. The Balaban J connectivity index is 5.34. The average Bonchev–Trinajstić information content (AvgIpc) is 2.35. The van der Waals surface area contributed by atoms with E-state index in [4.69, 9.17) is 13.6 Å². The lowest BCUT2D eigenvalue weighted by Gasteiger charge is -2.41. The predicted octanol–water partition coefficient (Wildman–Crippen LogP) is 2.73. The lowest BCUT2D eigenvalue weighted by molar-refractivity contribution is -0.141. The third-order valence-electron chi connectivity index (χ3n) is 3.06. The molecule has 21 heavy (non-hydrogen) atoms. The quantitative estimate of drug-likeness (QED) is 0.389. The topological polar surface area (TPSA) is 61.8 Å². The highest BCUT2D eigenvalue weighted by atomic mass is 28.4.